The molecular formula is C12H10Cl2N2O2. The third kappa shape index (κ3) is 2.21. The molecule has 0 saturated heterocycles. The lowest BCUT2D eigenvalue weighted by atomic mass is 10.2. The maximum absolute atomic E-state index is 11.1. The molecule has 0 unspecified atom stereocenters. The van der Waals surface area contributed by atoms with Gasteiger partial charge in [0.15, 0.2) is 0 Å². The van der Waals surface area contributed by atoms with E-state index >= 15 is 0 Å². The molecule has 94 valence electrons. The lowest BCUT2D eigenvalue weighted by Gasteiger charge is -2.02. The standard InChI is InChI=1S/C12H10Cl2N2O2/c1-2-9-10(12(17)18)11(14)16(15-9)8-5-3-7(13)4-6-8/h3-6H,2H2,1H3,(H,17,18). The maximum Gasteiger partial charge on any atom is 0.340 e. The molecule has 0 bridgehead atoms. The molecule has 2 rings (SSSR count). The van der Waals surface area contributed by atoms with E-state index in [1.807, 2.05) is 6.92 Å². The Morgan fingerprint density at radius 1 is 1.33 bits per heavy atom. The zero-order valence-electron chi connectivity index (χ0n) is 9.52. The second-order valence-corrected chi connectivity index (χ2v) is 4.45. The molecule has 1 N–H and O–H groups in total. The summed E-state index contributed by atoms with van der Waals surface area (Å²) in [5.41, 5.74) is 1.18. The van der Waals surface area contributed by atoms with Gasteiger partial charge < -0.3 is 5.11 Å². The number of rotatable bonds is 3. The smallest absolute Gasteiger partial charge is 0.340 e. The molecule has 0 radical (unpaired) electrons. The molecule has 0 aliphatic heterocycles. The normalized spacial score (nSPS) is 10.6. The van der Waals surface area contributed by atoms with E-state index in [-0.39, 0.29) is 10.7 Å². The number of carboxylic acid groups (broad SMARTS) is 1. The second-order valence-electron chi connectivity index (χ2n) is 3.66. The van der Waals surface area contributed by atoms with E-state index in [4.69, 9.17) is 28.3 Å². The van der Waals surface area contributed by atoms with Gasteiger partial charge in [-0.1, -0.05) is 30.1 Å². The molecule has 18 heavy (non-hydrogen) atoms. The highest BCUT2D eigenvalue weighted by Gasteiger charge is 2.21. The van der Waals surface area contributed by atoms with Crippen molar-refractivity contribution in [2.24, 2.45) is 0 Å². The molecule has 1 heterocycles. The van der Waals surface area contributed by atoms with Crippen LogP contribution < -0.4 is 0 Å². The molecule has 0 fully saturated rings. The number of aryl methyl sites for hydroxylation is 1. The minimum Gasteiger partial charge on any atom is -0.478 e. The highest BCUT2D eigenvalue weighted by molar-refractivity contribution is 6.33. The Kier molecular flexibility index (Phi) is 3.59. The fraction of sp³-hybridized carbons (Fsp3) is 0.167. The third-order valence-electron chi connectivity index (χ3n) is 2.52. The Hall–Kier alpha value is -1.52. The van der Waals surface area contributed by atoms with E-state index in [1.54, 1.807) is 24.3 Å². The molecule has 0 saturated carbocycles. The number of benzene rings is 1. The van der Waals surface area contributed by atoms with E-state index in [2.05, 4.69) is 5.10 Å². The molecule has 1 aromatic heterocycles. The number of aromatic nitrogens is 2. The van der Waals surface area contributed by atoms with Gasteiger partial charge in [-0.05, 0) is 30.7 Å². The Morgan fingerprint density at radius 2 is 1.94 bits per heavy atom. The summed E-state index contributed by atoms with van der Waals surface area (Å²) in [7, 11) is 0. The highest BCUT2D eigenvalue weighted by Crippen LogP contribution is 2.25. The molecular weight excluding hydrogens is 275 g/mol. The monoisotopic (exact) mass is 284 g/mol. The van der Waals surface area contributed by atoms with E-state index in [9.17, 15) is 4.79 Å². The van der Waals surface area contributed by atoms with Gasteiger partial charge in [0.2, 0.25) is 0 Å². The van der Waals surface area contributed by atoms with Crippen LogP contribution in [-0.4, -0.2) is 20.9 Å². The van der Waals surface area contributed by atoms with Crippen molar-refractivity contribution in [3.8, 4) is 5.69 Å². The van der Waals surface area contributed by atoms with Crippen LogP contribution in [0.15, 0.2) is 24.3 Å². The summed E-state index contributed by atoms with van der Waals surface area (Å²) in [6, 6.07) is 6.85. The fourth-order valence-corrected chi connectivity index (χ4v) is 2.10. The molecule has 0 atom stereocenters. The molecule has 2 aromatic rings. The van der Waals surface area contributed by atoms with Gasteiger partial charge in [0.1, 0.15) is 10.7 Å². The summed E-state index contributed by atoms with van der Waals surface area (Å²) in [6.45, 7) is 1.83. The Bertz CT molecular complexity index is 591. The minimum atomic E-state index is -1.07. The quantitative estimate of drug-likeness (QED) is 0.939. The van der Waals surface area contributed by atoms with Crippen LogP contribution in [0, 0.1) is 0 Å². The molecule has 1 aromatic carbocycles. The Morgan fingerprint density at radius 3 is 2.39 bits per heavy atom. The van der Waals surface area contributed by atoms with Gasteiger partial charge in [0.05, 0.1) is 11.4 Å². The van der Waals surface area contributed by atoms with E-state index in [0.29, 0.717) is 22.8 Å². The predicted molar refractivity (Wildman–Crippen MR) is 69.9 cm³/mol. The van der Waals surface area contributed by atoms with Gasteiger partial charge in [-0.15, -0.1) is 0 Å². The van der Waals surface area contributed by atoms with Gasteiger partial charge in [0.25, 0.3) is 0 Å². The van der Waals surface area contributed by atoms with Crippen molar-refractivity contribution in [3.63, 3.8) is 0 Å². The molecule has 4 nitrogen and oxygen atoms in total. The number of hydrogen-bond donors (Lipinski definition) is 1. The van der Waals surface area contributed by atoms with Crippen LogP contribution in [-0.2, 0) is 6.42 Å². The van der Waals surface area contributed by atoms with Gasteiger partial charge >= 0.3 is 5.97 Å². The van der Waals surface area contributed by atoms with E-state index < -0.39 is 5.97 Å². The summed E-state index contributed by atoms with van der Waals surface area (Å²) >= 11 is 11.9. The van der Waals surface area contributed by atoms with Crippen LogP contribution in [0.25, 0.3) is 5.69 Å². The number of hydrogen-bond acceptors (Lipinski definition) is 2. The van der Waals surface area contributed by atoms with Crippen molar-refractivity contribution in [2.75, 3.05) is 0 Å². The van der Waals surface area contributed by atoms with E-state index in [1.165, 1.54) is 4.68 Å². The maximum atomic E-state index is 11.1. The topological polar surface area (TPSA) is 55.1 Å². The zero-order valence-corrected chi connectivity index (χ0v) is 11.0. The number of halogens is 2. The van der Waals surface area contributed by atoms with Crippen molar-refractivity contribution in [2.45, 2.75) is 13.3 Å². The van der Waals surface area contributed by atoms with Gasteiger partial charge in [0, 0.05) is 5.02 Å². The van der Waals surface area contributed by atoms with Gasteiger partial charge in [-0.25, -0.2) is 9.48 Å². The van der Waals surface area contributed by atoms with Crippen molar-refractivity contribution in [1.82, 2.24) is 9.78 Å². The van der Waals surface area contributed by atoms with Crippen molar-refractivity contribution < 1.29 is 9.90 Å². The summed E-state index contributed by atoms with van der Waals surface area (Å²) < 4.78 is 1.40. The first-order valence-corrected chi connectivity index (χ1v) is 6.06. The number of nitrogens with zero attached hydrogens (tertiary/aromatic N) is 2. The zero-order chi connectivity index (χ0) is 13.3. The van der Waals surface area contributed by atoms with Crippen molar-refractivity contribution in [3.05, 3.63) is 45.7 Å². The van der Waals surface area contributed by atoms with E-state index in [0.717, 1.165) is 0 Å². The van der Waals surface area contributed by atoms with Crippen molar-refractivity contribution >= 4 is 29.2 Å². The number of aromatic carboxylic acids is 1. The summed E-state index contributed by atoms with van der Waals surface area (Å²) in [6.07, 6.45) is 0.502. The number of carbonyl (C=O) groups is 1. The second kappa shape index (κ2) is 5.00. The van der Waals surface area contributed by atoms with Crippen LogP contribution in [0.1, 0.15) is 23.0 Å². The molecule has 0 aliphatic carbocycles. The lowest BCUT2D eigenvalue weighted by molar-refractivity contribution is 0.0696. The molecule has 0 aliphatic rings. The molecule has 6 heteroatoms. The predicted octanol–water partition coefficient (Wildman–Crippen LogP) is 3.44. The van der Waals surface area contributed by atoms with Gasteiger partial charge in [-0.3, -0.25) is 0 Å². The first kappa shape index (κ1) is 12.9. The average Bonchev–Trinajstić information content (AvgIpc) is 2.67. The first-order valence-electron chi connectivity index (χ1n) is 5.31. The average molecular weight is 285 g/mol. The first-order chi connectivity index (χ1) is 8.54. The summed E-state index contributed by atoms with van der Waals surface area (Å²) in [4.78, 5) is 11.1. The largest absolute Gasteiger partial charge is 0.478 e. The highest BCUT2D eigenvalue weighted by atomic mass is 35.5. The van der Waals surface area contributed by atoms with Gasteiger partial charge in [-0.2, -0.15) is 5.10 Å². The van der Waals surface area contributed by atoms with Crippen LogP contribution in [0.5, 0.6) is 0 Å². The summed E-state index contributed by atoms with van der Waals surface area (Å²) in [5.74, 6) is -1.07. The minimum absolute atomic E-state index is 0.0501. The van der Waals surface area contributed by atoms with Crippen LogP contribution >= 0.6 is 23.2 Å². The number of carboxylic acids is 1. The Labute approximate surface area is 114 Å². The van der Waals surface area contributed by atoms with Crippen molar-refractivity contribution in [1.29, 1.82) is 0 Å². The van der Waals surface area contributed by atoms with Crippen LogP contribution in [0.4, 0.5) is 0 Å². The lowest BCUT2D eigenvalue weighted by Crippen LogP contribution is -1.99. The molecule has 0 spiro atoms. The third-order valence-corrected chi connectivity index (χ3v) is 3.12. The fourth-order valence-electron chi connectivity index (χ4n) is 1.65. The Balaban J connectivity index is 2.59. The molecule has 0 amide bonds. The van der Waals surface area contributed by atoms with Crippen LogP contribution in [0.3, 0.4) is 0 Å². The summed E-state index contributed by atoms with van der Waals surface area (Å²) in [5, 5.41) is 14.0. The SMILES string of the molecule is CCc1nn(-c2ccc(Cl)cc2)c(Cl)c1C(=O)O. The van der Waals surface area contributed by atoms with Crippen LogP contribution in [0.2, 0.25) is 10.2 Å².